The van der Waals surface area contributed by atoms with Crippen molar-refractivity contribution in [3.05, 3.63) is 52.5 Å². The first-order chi connectivity index (χ1) is 14.2. The molecule has 2 aliphatic heterocycles. The summed E-state index contributed by atoms with van der Waals surface area (Å²) in [5, 5.41) is 0.831. The minimum absolute atomic E-state index is 0.111. The predicted molar refractivity (Wildman–Crippen MR) is 117 cm³/mol. The molecule has 0 aliphatic carbocycles. The lowest BCUT2D eigenvalue weighted by atomic mass is 9.94. The van der Waals surface area contributed by atoms with E-state index < -0.39 is 0 Å². The van der Waals surface area contributed by atoms with Gasteiger partial charge in [-0.1, -0.05) is 23.7 Å². The smallest absolute Gasteiger partial charge is 0.161 e. The Kier molecular flexibility index (Phi) is 6.48. The fourth-order valence-electron chi connectivity index (χ4n) is 4.31. The average Bonchev–Trinajstić information content (AvgIpc) is 2.77. The van der Waals surface area contributed by atoms with Gasteiger partial charge in [0, 0.05) is 32.7 Å². The normalized spacial score (nSPS) is 19.7. The molecule has 2 aliphatic rings. The predicted octanol–water partition coefficient (Wildman–Crippen LogP) is 4.18. The van der Waals surface area contributed by atoms with Crippen molar-refractivity contribution < 1.29 is 14.2 Å². The van der Waals surface area contributed by atoms with Crippen molar-refractivity contribution in [1.29, 1.82) is 0 Å². The highest BCUT2D eigenvalue weighted by atomic mass is 35.5. The first-order valence-electron chi connectivity index (χ1n) is 10.3. The van der Waals surface area contributed by atoms with Crippen LogP contribution in [0.1, 0.15) is 23.7 Å². The summed E-state index contributed by atoms with van der Waals surface area (Å²) in [6.45, 7) is 5.85. The van der Waals surface area contributed by atoms with Crippen LogP contribution in [-0.4, -0.2) is 58.5 Å². The molecule has 5 nitrogen and oxygen atoms in total. The van der Waals surface area contributed by atoms with Crippen LogP contribution < -0.4 is 14.4 Å². The summed E-state index contributed by atoms with van der Waals surface area (Å²) < 4.78 is 17.1. The van der Waals surface area contributed by atoms with E-state index in [0.717, 1.165) is 74.4 Å². The lowest BCUT2D eigenvalue weighted by Crippen LogP contribution is -2.47. The van der Waals surface area contributed by atoms with Crippen molar-refractivity contribution in [1.82, 2.24) is 4.90 Å². The van der Waals surface area contributed by atoms with E-state index in [9.17, 15) is 0 Å². The van der Waals surface area contributed by atoms with Gasteiger partial charge in [-0.25, -0.2) is 0 Å². The Morgan fingerprint density at radius 2 is 1.76 bits per heavy atom. The lowest BCUT2D eigenvalue weighted by Gasteiger charge is -2.37. The molecular weight excluding hydrogens is 388 g/mol. The zero-order chi connectivity index (χ0) is 20.2. The van der Waals surface area contributed by atoms with Crippen LogP contribution in [0.2, 0.25) is 5.02 Å². The molecule has 0 bridgehead atoms. The Balaban J connectivity index is 1.36. The van der Waals surface area contributed by atoms with Gasteiger partial charge in [-0.3, -0.25) is 4.90 Å². The fourth-order valence-corrected chi connectivity index (χ4v) is 4.57. The maximum atomic E-state index is 6.36. The Hall–Kier alpha value is -1.95. The maximum Gasteiger partial charge on any atom is 0.161 e. The van der Waals surface area contributed by atoms with Gasteiger partial charge in [0.1, 0.15) is 0 Å². The van der Waals surface area contributed by atoms with Crippen LogP contribution in [-0.2, 0) is 11.2 Å². The summed E-state index contributed by atoms with van der Waals surface area (Å²) in [7, 11) is 3.37. The van der Waals surface area contributed by atoms with Gasteiger partial charge in [0.25, 0.3) is 0 Å². The molecule has 0 amide bonds. The molecular formula is C23H29ClN2O3. The highest BCUT2D eigenvalue weighted by molar-refractivity contribution is 6.33. The average molecular weight is 417 g/mol. The Bertz CT molecular complexity index is 837. The Morgan fingerprint density at radius 1 is 1.03 bits per heavy atom. The minimum Gasteiger partial charge on any atom is -0.493 e. The van der Waals surface area contributed by atoms with Crippen LogP contribution in [0, 0.1) is 0 Å². The molecule has 29 heavy (non-hydrogen) atoms. The molecule has 2 aromatic rings. The number of methoxy groups -OCH3 is 2. The van der Waals surface area contributed by atoms with Gasteiger partial charge in [-0.05, 0) is 48.2 Å². The first-order valence-corrected chi connectivity index (χ1v) is 10.7. The zero-order valence-corrected chi connectivity index (χ0v) is 18.0. The number of rotatable bonds is 6. The highest BCUT2D eigenvalue weighted by Crippen LogP contribution is 2.38. The monoisotopic (exact) mass is 416 g/mol. The number of fused-ring (bicyclic) bond motifs is 1. The van der Waals surface area contributed by atoms with Gasteiger partial charge in [-0.2, -0.15) is 0 Å². The van der Waals surface area contributed by atoms with E-state index in [2.05, 4.69) is 34.1 Å². The molecule has 1 saturated heterocycles. The Morgan fingerprint density at radius 3 is 2.48 bits per heavy atom. The van der Waals surface area contributed by atoms with Gasteiger partial charge in [0.05, 0.1) is 37.6 Å². The quantitative estimate of drug-likeness (QED) is 0.705. The topological polar surface area (TPSA) is 34.2 Å². The van der Waals surface area contributed by atoms with Crippen molar-refractivity contribution in [2.75, 3.05) is 58.5 Å². The van der Waals surface area contributed by atoms with E-state index in [1.54, 1.807) is 14.2 Å². The van der Waals surface area contributed by atoms with Crippen molar-refractivity contribution in [2.24, 2.45) is 0 Å². The summed E-state index contributed by atoms with van der Waals surface area (Å²) in [6.07, 6.45) is 2.01. The van der Waals surface area contributed by atoms with Crippen LogP contribution in [0.5, 0.6) is 11.5 Å². The van der Waals surface area contributed by atoms with Crippen molar-refractivity contribution in [3.8, 4) is 11.5 Å². The van der Waals surface area contributed by atoms with Gasteiger partial charge in [0.2, 0.25) is 0 Å². The number of halogens is 1. The van der Waals surface area contributed by atoms with Gasteiger partial charge in [-0.15, -0.1) is 0 Å². The summed E-state index contributed by atoms with van der Waals surface area (Å²) in [5.41, 5.74) is 3.69. The van der Waals surface area contributed by atoms with E-state index in [-0.39, 0.29) is 6.10 Å². The fraction of sp³-hybridized carbons (Fsp3) is 0.478. The van der Waals surface area contributed by atoms with Crippen LogP contribution in [0.25, 0.3) is 0 Å². The number of nitrogens with zero attached hydrogens (tertiary/aromatic N) is 2. The number of hydrogen-bond donors (Lipinski definition) is 0. The summed E-state index contributed by atoms with van der Waals surface area (Å²) in [6, 6.07) is 12.3. The molecule has 2 aromatic carbocycles. The molecule has 1 atom stereocenters. The molecule has 0 saturated carbocycles. The number of anilines is 1. The van der Waals surface area contributed by atoms with Crippen LogP contribution in [0.4, 0.5) is 5.69 Å². The highest BCUT2D eigenvalue weighted by Gasteiger charge is 2.25. The van der Waals surface area contributed by atoms with Gasteiger partial charge >= 0.3 is 0 Å². The van der Waals surface area contributed by atoms with E-state index in [0.29, 0.717) is 0 Å². The van der Waals surface area contributed by atoms with Crippen molar-refractivity contribution in [3.63, 3.8) is 0 Å². The molecule has 0 radical (unpaired) electrons. The maximum absolute atomic E-state index is 6.36. The Labute approximate surface area is 178 Å². The van der Waals surface area contributed by atoms with Crippen LogP contribution >= 0.6 is 11.6 Å². The molecule has 0 spiro atoms. The van der Waals surface area contributed by atoms with Crippen LogP contribution in [0.15, 0.2) is 36.4 Å². The van der Waals surface area contributed by atoms with Gasteiger partial charge in [0.15, 0.2) is 11.5 Å². The summed E-state index contributed by atoms with van der Waals surface area (Å²) in [5.74, 6) is 1.57. The number of benzene rings is 2. The van der Waals surface area contributed by atoms with Crippen LogP contribution in [0.3, 0.4) is 0 Å². The molecule has 0 aromatic heterocycles. The number of piperazine rings is 1. The molecule has 0 N–H and O–H groups in total. The van der Waals surface area contributed by atoms with Crippen molar-refractivity contribution >= 4 is 17.3 Å². The third kappa shape index (κ3) is 4.47. The van der Waals surface area contributed by atoms with E-state index in [1.807, 2.05) is 12.1 Å². The second-order valence-electron chi connectivity index (χ2n) is 7.58. The summed E-state index contributed by atoms with van der Waals surface area (Å²) >= 11 is 6.36. The zero-order valence-electron chi connectivity index (χ0n) is 17.2. The van der Waals surface area contributed by atoms with E-state index in [1.165, 1.54) is 11.1 Å². The molecule has 156 valence electrons. The third-order valence-electron chi connectivity index (χ3n) is 5.96. The SMILES string of the molecule is COc1cc2c(cc1OC)C(CCN1CCN(c3ccccc3Cl)CC1)OCC2. The van der Waals surface area contributed by atoms with Crippen molar-refractivity contribution in [2.45, 2.75) is 18.9 Å². The minimum atomic E-state index is 0.111. The molecule has 4 rings (SSSR count). The second-order valence-corrected chi connectivity index (χ2v) is 7.99. The van der Waals surface area contributed by atoms with E-state index >= 15 is 0 Å². The second kappa shape index (κ2) is 9.24. The van der Waals surface area contributed by atoms with E-state index in [4.69, 9.17) is 25.8 Å². The first kappa shape index (κ1) is 20.3. The number of para-hydroxylation sites is 1. The standard InChI is InChI=1S/C23H29ClN2O3/c1-27-22-15-17-8-14-29-21(18(17)16-23(22)28-2)7-9-25-10-12-26(13-11-25)20-6-4-3-5-19(20)24/h3-6,15-16,21H,7-14H2,1-2H3. The van der Waals surface area contributed by atoms with Gasteiger partial charge < -0.3 is 19.1 Å². The third-order valence-corrected chi connectivity index (χ3v) is 6.28. The molecule has 1 fully saturated rings. The number of hydrogen-bond acceptors (Lipinski definition) is 5. The largest absolute Gasteiger partial charge is 0.493 e. The molecule has 1 unspecified atom stereocenters. The summed E-state index contributed by atoms with van der Waals surface area (Å²) in [4.78, 5) is 4.90. The number of ether oxygens (including phenoxy) is 3. The lowest BCUT2D eigenvalue weighted by molar-refractivity contribution is 0.0286. The molecule has 2 heterocycles. The molecule has 6 heteroatoms.